The van der Waals surface area contributed by atoms with Gasteiger partial charge in [-0.05, 0) is 0 Å². The summed E-state index contributed by atoms with van der Waals surface area (Å²) in [6, 6.07) is 0.0415. The lowest BCUT2D eigenvalue weighted by Gasteiger charge is -2.35. The van der Waals surface area contributed by atoms with Crippen molar-refractivity contribution in [2.24, 2.45) is 0 Å². The van der Waals surface area contributed by atoms with Crippen LogP contribution in [0.3, 0.4) is 0 Å². The van der Waals surface area contributed by atoms with E-state index in [9.17, 15) is 4.79 Å². The van der Waals surface area contributed by atoms with E-state index < -0.39 is 0 Å². The average molecular weight is 232 g/mol. The van der Waals surface area contributed by atoms with Gasteiger partial charge in [0.05, 0.1) is 33.0 Å². The van der Waals surface area contributed by atoms with Crippen molar-refractivity contribution in [1.29, 1.82) is 0 Å². The molecule has 1 saturated heterocycles. The number of rotatable bonds is 4. The first-order chi connectivity index (χ1) is 7.69. The summed E-state index contributed by atoms with van der Waals surface area (Å²) in [7, 11) is 3.06. The Labute approximate surface area is 95.7 Å². The van der Waals surface area contributed by atoms with Gasteiger partial charge in [0.1, 0.15) is 0 Å². The second-order valence-electron chi connectivity index (χ2n) is 3.84. The molecule has 0 aliphatic carbocycles. The highest BCUT2D eigenvalue weighted by Gasteiger charge is 2.22. The fourth-order valence-corrected chi connectivity index (χ4v) is 1.68. The Balaban J connectivity index is 2.32. The Kier molecular flexibility index (Phi) is 5.51. The van der Waals surface area contributed by atoms with E-state index in [0.29, 0.717) is 19.8 Å². The quantitative estimate of drug-likeness (QED) is 0.700. The first kappa shape index (κ1) is 13.2. The lowest BCUT2D eigenvalue weighted by Crippen LogP contribution is -2.50. The SMILES string of the molecule is COC(=O)N(C)CCN1CCOCC1CO. The third-order valence-corrected chi connectivity index (χ3v) is 2.77. The van der Waals surface area contributed by atoms with Crippen LogP contribution >= 0.6 is 0 Å². The third-order valence-electron chi connectivity index (χ3n) is 2.77. The summed E-state index contributed by atoms with van der Waals surface area (Å²) in [4.78, 5) is 14.8. The molecule has 0 aromatic rings. The number of likely N-dealkylation sites (N-methyl/N-ethyl adjacent to an activating group) is 1. The summed E-state index contributed by atoms with van der Waals surface area (Å²) >= 11 is 0. The van der Waals surface area contributed by atoms with Crippen LogP contribution in [0.5, 0.6) is 0 Å². The van der Waals surface area contributed by atoms with Gasteiger partial charge in [-0.15, -0.1) is 0 Å². The molecule has 0 aromatic heterocycles. The predicted octanol–water partition coefficient (Wildman–Crippen LogP) is -0.622. The van der Waals surface area contributed by atoms with Gasteiger partial charge in [-0.1, -0.05) is 0 Å². The maximum Gasteiger partial charge on any atom is 0.409 e. The summed E-state index contributed by atoms with van der Waals surface area (Å²) in [5.41, 5.74) is 0. The maximum atomic E-state index is 11.1. The Hall–Kier alpha value is -0.850. The number of carbonyl (C=O) groups is 1. The van der Waals surface area contributed by atoms with Gasteiger partial charge < -0.3 is 19.5 Å². The Bertz CT molecular complexity index is 225. The van der Waals surface area contributed by atoms with Gasteiger partial charge in [-0.25, -0.2) is 4.79 Å². The Morgan fingerprint density at radius 3 is 3.06 bits per heavy atom. The van der Waals surface area contributed by atoms with Crippen LogP contribution in [0.25, 0.3) is 0 Å². The van der Waals surface area contributed by atoms with Crippen LogP contribution in [-0.2, 0) is 9.47 Å². The number of carbonyl (C=O) groups excluding carboxylic acids is 1. The molecule has 0 bridgehead atoms. The zero-order valence-corrected chi connectivity index (χ0v) is 9.89. The zero-order valence-electron chi connectivity index (χ0n) is 9.89. The van der Waals surface area contributed by atoms with Crippen molar-refractivity contribution in [3.05, 3.63) is 0 Å². The van der Waals surface area contributed by atoms with Crippen molar-refractivity contribution in [3.8, 4) is 0 Å². The molecule has 0 aromatic carbocycles. The minimum atomic E-state index is -0.339. The van der Waals surface area contributed by atoms with Crippen molar-refractivity contribution >= 4 is 6.09 Å². The van der Waals surface area contributed by atoms with Crippen LogP contribution in [0.2, 0.25) is 0 Å². The Morgan fingerprint density at radius 1 is 1.69 bits per heavy atom. The topological polar surface area (TPSA) is 62.2 Å². The van der Waals surface area contributed by atoms with E-state index in [1.165, 1.54) is 12.0 Å². The molecular weight excluding hydrogens is 212 g/mol. The number of hydrogen-bond acceptors (Lipinski definition) is 5. The highest BCUT2D eigenvalue weighted by atomic mass is 16.5. The van der Waals surface area contributed by atoms with Gasteiger partial charge in [0.15, 0.2) is 0 Å². The van der Waals surface area contributed by atoms with Crippen LogP contribution in [0, 0.1) is 0 Å². The van der Waals surface area contributed by atoms with Crippen LogP contribution < -0.4 is 0 Å². The molecular formula is C10H20N2O4. The zero-order chi connectivity index (χ0) is 12.0. The minimum Gasteiger partial charge on any atom is -0.453 e. The van der Waals surface area contributed by atoms with Gasteiger partial charge in [0.2, 0.25) is 0 Å². The number of aliphatic hydroxyl groups excluding tert-OH is 1. The summed E-state index contributed by atoms with van der Waals surface area (Å²) in [5, 5.41) is 9.16. The highest BCUT2D eigenvalue weighted by molar-refractivity contribution is 5.66. The molecule has 1 atom stereocenters. The molecule has 6 nitrogen and oxygen atoms in total. The number of ether oxygens (including phenoxy) is 2. The van der Waals surface area contributed by atoms with Crippen molar-refractivity contribution in [2.45, 2.75) is 6.04 Å². The minimum absolute atomic E-state index is 0.0415. The number of methoxy groups -OCH3 is 1. The molecule has 0 spiro atoms. The molecule has 16 heavy (non-hydrogen) atoms. The molecule has 1 heterocycles. The molecule has 1 aliphatic heterocycles. The maximum absolute atomic E-state index is 11.1. The largest absolute Gasteiger partial charge is 0.453 e. The third kappa shape index (κ3) is 3.62. The van der Waals surface area contributed by atoms with Crippen LogP contribution in [0.4, 0.5) is 4.79 Å². The van der Waals surface area contributed by atoms with Crippen molar-refractivity contribution < 1.29 is 19.4 Å². The second-order valence-corrected chi connectivity index (χ2v) is 3.84. The first-order valence-corrected chi connectivity index (χ1v) is 5.40. The summed E-state index contributed by atoms with van der Waals surface area (Å²) in [6.45, 7) is 3.42. The number of amides is 1. The van der Waals surface area contributed by atoms with Crippen LogP contribution in [0.15, 0.2) is 0 Å². The van der Waals surface area contributed by atoms with Gasteiger partial charge in [0, 0.05) is 26.7 Å². The monoisotopic (exact) mass is 232 g/mol. The normalized spacial score (nSPS) is 21.8. The van der Waals surface area contributed by atoms with Gasteiger partial charge in [0.25, 0.3) is 0 Å². The molecule has 1 rings (SSSR count). The molecule has 0 saturated carbocycles. The lowest BCUT2D eigenvalue weighted by molar-refractivity contribution is -0.0292. The number of morpholine rings is 1. The predicted molar refractivity (Wildman–Crippen MR) is 58.3 cm³/mol. The van der Waals surface area contributed by atoms with Gasteiger partial charge in [-0.3, -0.25) is 4.90 Å². The van der Waals surface area contributed by atoms with Crippen molar-refractivity contribution in [1.82, 2.24) is 9.80 Å². The molecule has 1 aliphatic rings. The van der Waals surface area contributed by atoms with E-state index >= 15 is 0 Å². The molecule has 94 valence electrons. The lowest BCUT2D eigenvalue weighted by atomic mass is 10.2. The van der Waals surface area contributed by atoms with Crippen LogP contribution in [0.1, 0.15) is 0 Å². The number of aliphatic hydroxyl groups is 1. The van der Waals surface area contributed by atoms with E-state index in [1.54, 1.807) is 7.05 Å². The fourth-order valence-electron chi connectivity index (χ4n) is 1.68. The smallest absolute Gasteiger partial charge is 0.409 e. The van der Waals surface area contributed by atoms with E-state index in [2.05, 4.69) is 9.64 Å². The fraction of sp³-hybridized carbons (Fsp3) is 0.900. The van der Waals surface area contributed by atoms with Gasteiger partial charge >= 0.3 is 6.09 Å². The highest BCUT2D eigenvalue weighted by Crippen LogP contribution is 2.06. The van der Waals surface area contributed by atoms with Crippen molar-refractivity contribution in [2.75, 3.05) is 53.6 Å². The van der Waals surface area contributed by atoms with E-state index in [-0.39, 0.29) is 18.7 Å². The Morgan fingerprint density at radius 2 is 2.44 bits per heavy atom. The standard InChI is InChI=1S/C10H20N2O4/c1-11(10(14)15-2)3-4-12-5-6-16-8-9(12)7-13/h9,13H,3-8H2,1-2H3. The summed E-state index contributed by atoms with van der Waals surface area (Å²) in [5.74, 6) is 0. The van der Waals surface area contributed by atoms with Crippen LogP contribution in [-0.4, -0.2) is 80.7 Å². The second kappa shape index (κ2) is 6.67. The summed E-state index contributed by atoms with van der Waals surface area (Å²) < 4.78 is 9.87. The average Bonchev–Trinajstić information content (AvgIpc) is 2.35. The molecule has 0 radical (unpaired) electrons. The molecule has 1 N–H and O–H groups in total. The van der Waals surface area contributed by atoms with Crippen molar-refractivity contribution in [3.63, 3.8) is 0 Å². The number of hydrogen-bond donors (Lipinski definition) is 1. The van der Waals surface area contributed by atoms with E-state index in [0.717, 1.165) is 13.1 Å². The first-order valence-electron chi connectivity index (χ1n) is 5.40. The number of nitrogens with zero attached hydrogens (tertiary/aromatic N) is 2. The van der Waals surface area contributed by atoms with E-state index in [4.69, 9.17) is 9.84 Å². The molecule has 1 amide bonds. The van der Waals surface area contributed by atoms with Gasteiger partial charge in [-0.2, -0.15) is 0 Å². The molecule has 6 heteroatoms. The molecule has 1 unspecified atom stereocenters. The summed E-state index contributed by atoms with van der Waals surface area (Å²) in [6.07, 6.45) is -0.339. The molecule has 1 fully saturated rings. The van der Waals surface area contributed by atoms with E-state index in [1.807, 2.05) is 0 Å².